The van der Waals surface area contributed by atoms with Gasteiger partial charge in [-0.15, -0.1) is 0 Å². The first-order chi connectivity index (χ1) is 10.1. The summed E-state index contributed by atoms with van der Waals surface area (Å²) in [5.41, 5.74) is 0.962. The first-order valence-electron chi connectivity index (χ1n) is 7.05. The van der Waals surface area contributed by atoms with Crippen molar-refractivity contribution in [1.29, 1.82) is 0 Å². The maximum Gasteiger partial charge on any atom is 0.241 e. The van der Waals surface area contributed by atoms with Crippen molar-refractivity contribution in [3.05, 3.63) is 41.8 Å². The van der Waals surface area contributed by atoms with Crippen LogP contribution in [0.2, 0.25) is 0 Å². The van der Waals surface area contributed by atoms with E-state index in [1.807, 2.05) is 12.1 Å². The standard InChI is InChI=1S/C14H17N3O3S/c18-21(19,12-5-1-2-6-12)10-14-16-13(17-20-14)8-11-4-3-7-15-9-11/h3-4,7,9,12H,1-2,5-6,8,10H2. The van der Waals surface area contributed by atoms with Gasteiger partial charge in [0.2, 0.25) is 5.89 Å². The van der Waals surface area contributed by atoms with Crippen molar-refractivity contribution in [2.24, 2.45) is 0 Å². The van der Waals surface area contributed by atoms with E-state index >= 15 is 0 Å². The summed E-state index contributed by atoms with van der Waals surface area (Å²) in [7, 11) is -3.18. The van der Waals surface area contributed by atoms with E-state index in [4.69, 9.17) is 4.52 Å². The molecule has 1 saturated carbocycles. The second kappa shape index (κ2) is 5.93. The molecular weight excluding hydrogens is 290 g/mol. The molecule has 0 spiro atoms. The third kappa shape index (κ3) is 3.47. The van der Waals surface area contributed by atoms with Gasteiger partial charge in [-0.2, -0.15) is 4.98 Å². The van der Waals surface area contributed by atoms with Crippen molar-refractivity contribution in [3.8, 4) is 0 Å². The van der Waals surface area contributed by atoms with Gasteiger partial charge in [-0.05, 0) is 24.5 Å². The van der Waals surface area contributed by atoms with Crippen molar-refractivity contribution < 1.29 is 12.9 Å². The Kier molecular flexibility index (Phi) is 4.01. The SMILES string of the molecule is O=S(=O)(Cc1nc(Cc2cccnc2)no1)C1CCCC1. The molecule has 2 aromatic heterocycles. The van der Waals surface area contributed by atoms with Crippen LogP contribution in [0.4, 0.5) is 0 Å². The molecule has 0 radical (unpaired) electrons. The minimum Gasteiger partial charge on any atom is -0.338 e. The number of pyridine rings is 1. The van der Waals surface area contributed by atoms with Crippen molar-refractivity contribution in [2.75, 3.05) is 0 Å². The average molecular weight is 307 g/mol. The fourth-order valence-electron chi connectivity index (χ4n) is 2.64. The lowest BCUT2D eigenvalue weighted by Gasteiger charge is -2.07. The summed E-state index contributed by atoms with van der Waals surface area (Å²) in [4.78, 5) is 8.19. The molecule has 2 heterocycles. The number of nitrogens with zero attached hydrogens (tertiary/aromatic N) is 3. The molecule has 0 bridgehead atoms. The molecule has 1 aliphatic rings. The lowest BCUT2D eigenvalue weighted by Crippen LogP contribution is -2.19. The van der Waals surface area contributed by atoms with E-state index in [1.54, 1.807) is 12.4 Å². The van der Waals surface area contributed by atoms with Gasteiger partial charge in [0.1, 0.15) is 5.75 Å². The number of aromatic nitrogens is 3. The zero-order chi connectivity index (χ0) is 14.7. The normalized spacial score (nSPS) is 16.4. The first kappa shape index (κ1) is 14.2. The van der Waals surface area contributed by atoms with E-state index in [1.165, 1.54) is 0 Å². The largest absolute Gasteiger partial charge is 0.338 e. The third-order valence-electron chi connectivity index (χ3n) is 3.73. The molecular formula is C14H17N3O3S. The number of hydrogen-bond donors (Lipinski definition) is 0. The Bertz CT molecular complexity index is 691. The summed E-state index contributed by atoms with van der Waals surface area (Å²) in [5, 5.41) is 3.60. The van der Waals surface area contributed by atoms with Crippen LogP contribution in [0.5, 0.6) is 0 Å². The number of sulfone groups is 1. The van der Waals surface area contributed by atoms with Crippen molar-refractivity contribution >= 4 is 9.84 Å². The summed E-state index contributed by atoms with van der Waals surface area (Å²) in [6, 6.07) is 3.75. The lowest BCUT2D eigenvalue weighted by molar-refractivity contribution is 0.383. The molecule has 1 aliphatic carbocycles. The second-order valence-corrected chi connectivity index (χ2v) is 7.64. The molecule has 7 heteroatoms. The molecule has 2 aromatic rings. The zero-order valence-corrected chi connectivity index (χ0v) is 12.4. The van der Waals surface area contributed by atoms with E-state index in [0.29, 0.717) is 12.2 Å². The molecule has 21 heavy (non-hydrogen) atoms. The summed E-state index contributed by atoms with van der Waals surface area (Å²) >= 11 is 0. The summed E-state index contributed by atoms with van der Waals surface area (Å²) in [6.07, 6.45) is 7.38. The van der Waals surface area contributed by atoms with Gasteiger partial charge in [0.25, 0.3) is 0 Å². The highest BCUT2D eigenvalue weighted by atomic mass is 32.2. The Labute approximate surface area is 123 Å². The Balaban J connectivity index is 1.68. The summed E-state index contributed by atoms with van der Waals surface area (Å²) in [5.74, 6) is 0.512. The summed E-state index contributed by atoms with van der Waals surface area (Å²) in [6.45, 7) is 0. The predicted octanol–water partition coefficient (Wildman–Crippen LogP) is 1.91. The molecule has 3 rings (SSSR count). The van der Waals surface area contributed by atoms with Crippen molar-refractivity contribution in [2.45, 2.75) is 43.1 Å². The monoisotopic (exact) mass is 307 g/mol. The zero-order valence-electron chi connectivity index (χ0n) is 11.6. The Morgan fingerprint density at radius 3 is 2.81 bits per heavy atom. The van der Waals surface area contributed by atoms with E-state index in [9.17, 15) is 8.42 Å². The lowest BCUT2D eigenvalue weighted by atomic mass is 10.2. The Hall–Kier alpha value is -1.76. The minimum atomic E-state index is -3.18. The molecule has 0 unspecified atom stereocenters. The van der Waals surface area contributed by atoms with E-state index in [2.05, 4.69) is 15.1 Å². The quantitative estimate of drug-likeness (QED) is 0.838. The van der Waals surface area contributed by atoms with Gasteiger partial charge in [0, 0.05) is 18.8 Å². The van der Waals surface area contributed by atoms with Crippen LogP contribution >= 0.6 is 0 Å². The van der Waals surface area contributed by atoms with Gasteiger partial charge in [0.05, 0.1) is 5.25 Å². The minimum absolute atomic E-state index is 0.155. The fraction of sp³-hybridized carbons (Fsp3) is 0.500. The van der Waals surface area contributed by atoms with Gasteiger partial charge >= 0.3 is 0 Å². The number of hydrogen-bond acceptors (Lipinski definition) is 6. The van der Waals surface area contributed by atoms with Crippen LogP contribution in [0, 0.1) is 0 Å². The molecule has 0 saturated heterocycles. The van der Waals surface area contributed by atoms with Gasteiger partial charge in [-0.25, -0.2) is 8.42 Å². The van der Waals surface area contributed by atoms with Gasteiger partial charge in [-0.3, -0.25) is 4.98 Å². The van der Waals surface area contributed by atoms with Gasteiger partial charge in [-0.1, -0.05) is 24.1 Å². The van der Waals surface area contributed by atoms with Crippen LogP contribution in [0.15, 0.2) is 29.0 Å². The highest BCUT2D eigenvalue weighted by molar-refractivity contribution is 7.91. The van der Waals surface area contributed by atoms with E-state index in [-0.39, 0.29) is 16.9 Å². The van der Waals surface area contributed by atoms with Crippen LogP contribution < -0.4 is 0 Å². The van der Waals surface area contributed by atoms with Crippen molar-refractivity contribution in [3.63, 3.8) is 0 Å². The van der Waals surface area contributed by atoms with Crippen molar-refractivity contribution in [1.82, 2.24) is 15.1 Å². The predicted molar refractivity (Wildman–Crippen MR) is 76.2 cm³/mol. The topological polar surface area (TPSA) is 86.0 Å². The number of rotatable bonds is 5. The smallest absolute Gasteiger partial charge is 0.241 e. The molecule has 0 amide bonds. The van der Waals surface area contributed by atoms with Crippen LogP contribution in [-0.4, -0.2) is 28.8 Å². The van der Waals surface area contributed by atoms with Crippen LogP contribution in [0.1, 0.15) is 43.0 Å². The highest BCUT2D eigenvalue weighted by Gasteiger charge is 2.30. The second-order valence-electron chi connectivity index (χ2n) is 5.36. The molecule has 0 aliphatic heterocycles. The van der Waals surface area contributed by atoms with E-state index < -0.39 is 9.84 Å². The van der Waals surface area contributed by atoms with Crippen LogP contribution in [-0.2, 0) is 22.0 Å². The maximum absolute atomic E-state index is 12.2. The van der Waals surface area contributed by atoms with Gasteiger partial charge < -0.3 is 4.52 Å². The molecule has 6 nitrogen and oxygen atoms in total. The Morgan fingerprint density at radius 1 is 1.29 bits per heavy atom. The molecule has 0 atom stereocenters. The third-order valence-corrected chi connectivity index (χ3v) is 5.87. The molecule has 112 valence electrons. The van der Waals surface area contributed by atoms with Crippen LogP contribution in [0.3, 0.4) is 0 Å². The first-order valence-corrected chi connectivity index (χ1v) is 8.77. The van der Waals surface area contributed by atoms with Gasteiger partial charge in [0.15, 0.2) is 15.7 Å². The molecule has 1 fully saturated rings. The average Bonchev–Trinajstić information content (AvgIpc) is 3.11. The fourth-order valence-corrected chi connectivity index (χ4v) is 4.39. The highest BCUT2D eigenvalue weighted by Crippen LogP contribution is 2.26. The van der Waals surface area contributed by atoms with E-state index in [0.717, 1.165) is 31.2 Å². The summed E-state index contributed by atoms with van der Waals surface area (Å²) < 4.78 is 29.5. The van der Waals surface area contributed by atoms with Crippen LogP contribution in [0.25, 0.3) is 0 Å². The Morgan fingerprint density at radius 2 is 2.10 bits per heavy atom. The maximum atomic E-state index is 12.2. The molecule has 0 N–H and O–H groups in total. The molecule has 0 aromatic carbocycles.